The second-order valence-electron chi connectivity index (χ2n) is 3.71. The van der Waals surface area contributed by atoms with Crippen molar-refractivity contribution in [3.63, 3.8) is 0 Å². The molecular weight excluding hydrogens is 226 g/mol. The summed E-state index contributed by atoms with van der Waals surface area (Å²) in [5, 5.41) is 9.18. The molecule has 1 aromatic carbocycles. The highest BCUT2D eigenvalue weighted by atomic mass is 35.5. The third-order valence-electron chi connectivity index (χ3n) is 2.47. The highest BCUT2D eigenvalue weighted by Crippen LogP contribution is 2.27. The first-order valence-electron chi connectivity index (χ1n) is 5.23. The lowest BCUT2D eigenvalue weighted by molar-refractivity contribution is 0.00747. The zero-order chi connectivity index (χ0) is 11.4. The van der Waals surface area contributed by atoms with E-state index in [0.29, 0.717) is 22.9 Å². The van der Waals surface area contributed by atoms with E-state index in [-0.39, 0.29) is 6.10 Å². The number of rotatable bonds is 2. The van der Waals surface area contributed by atoms with Crippen molar-refractivity contribution in [3.05, 3.63) is 28.8 Å². The normalized spacial score (nSPS) is 20.1. The summed E-state index contributed by atoms with van der Waals surface area (Å²) >= 11 is 6.01. The second kappa shape index (κ2) is 5.20. The van der Waals surface area contributed by atoms with Crippen LogP contribution in [-0.4, -0.2) is 19.3 Å². The Balaban J connectivity index is 2.06. The lowest BCUT2D eigenvalue weighted by atomic mass is 10.1. The molecule has 1 unspecified atom stereocenters. The Hall–Kier alpha value is -1.24. The van der Waals surface area contributed by atoms with Gasteiger partial charge in [-0.1, -0.05) is 11.6 Å². The SMILES string of the molecule is N#Cc1ccc(OC2CCCOC2)c(Cl)c1. The second-order valence-corrected chi connectivity index (χ2v) is 4.12. The largest absolute Gasteiger partial charge is 0.486 e. The zero-order valence-electron chi connectivity index (χ0n) is 8.78. The molecule has 1 heterocycles. The van der Waals surface area contributed by atoms with Crippen LogP contribution >= 0.6 is 11.6 Å². The van der Waals surface area contributed by atoms with Crippen LogP contribution in [0.2, 0.25) is 5.02 Å². The van der Waals surface area contributed by atoms with Crippen molar-refractivity contribution in [1.82, 2.24) is 0 Å². The first kappa shape index (κ1) is 11.3. The molecule has 1 fully saturated rings. The van der Waals surface area contributed by atoms with E-state index in [2.05, 4.69) is 0 Å². The Morgan fingerprint density at radius 1 is 1.50 bits per heavy atom. The van der Waals surface area contributed by atoms with Gasteiger partial charge < -0.3 is 9.47 Å². The topological polar surface area (TPSA) is 42.2 Å². The smallest absolute Gasteiger partial charge is 0.138 e. The van der Waals surface area contributed by atoms with E-state index in [1.54, 1.807) is 18.2 Å². The van der Waals surface area contributed by atoms with Gasteiger partial charge >= 0.3 is 0 Å². The predicted molar refractivity (Wildman–Crippen MR) is 60.6 cm³/mol. The van der Waals surface area contributed by atoms with Crippen LogP contribution < -0.4 is 4.74 Å². The third-order valence-corrected chi connectivity index (χ3v) is 2.77. The molecule has 0 saturated carbocycles. The summed E-state index contributed by atoms with van der Waals surface area (Å²) in [5.74, 6) is 0.621. The molecule has 0 amide bonds. The fourth-order valence-corrected chi connectivity index (χ4v) is 1.87. The van der Waals surface area contributed by atoms with Crippen LogP contribution in [0.1, 0.15) is 18.4 Å². The molecule has 0 radical (unpaired) electrons. The van der Waals surface area contributed by atoms with Gasteiger partial charge in [0.2, 0.25) is 0 Å². The Morgan fingerprint density at radius 2 is 2.38 bits per heavy atom. The minimum atomic E-state index is 0.0687. The van der Waals surface area contributed by atoms with Gasteiger partial charge in [-0.2, -0.15) is 5.26 Å². The number of nitrogens with zero attached hydrogens (tertiary/aromatic N) is 1. The average Bonchev–Trinajstić information content (AvgIpc) is 2.33. The van der Waals surface area contributed by atoms with Crippen molar-refractivity contribution < 1.29 is 9.47 Å². The lowest BCUT2D eigenvalue weighted by Gasteiger charge is -2.23. The molecule has 4 heteroatoms. The third kappa shape index (κ3) is 2.66. The van der Waals surface area contributed by atoms with E-state index in [0.717, 1.165) is 19.4 Å². The lowest BCUT2D eigenvalue weighted by Crippen LogP contribution is -2.28. The van der Waals surface area contributed by atoms with Crippen LogP contribution in [-0.2, 0) is 4.74 Å². The molecule has 1 saturated heterocycles. The quantitative estimate of drug-likeness (QED) is 0.794. The molecule has 2 rings (SSSR count). The van der Waals surface area contributed by atoms with Crippen LogP contribution in [0.3, 0.4) is 0 Å². The molecule has 1 aliphatic heterocycles. The van der Waals surface area contributed by atoms with Crippen LogP contribution in [0.4, 0.5) is 0 Å². The monoisotopic (exact) mass is 237 g/mol. The van der Waals surface area contributed by atoms with Crippen LogP contribution in [0.15, 0.2) is 18.2 Å². The van der Waals surface area contributed by atoms with Gasteiger partial charge in [0.05, 0.1) is 23.3 Å². The van der Waals surface area contributed by atoms with Crippen molar-refractivity contribution >= 4 is 11.6 Å². The first-order chi connectivity index (χ1) is 7.79. The Kier molecular flexibility index (Phi) is 3.66. The molecule has 1 atom stereocenters. The summed E-state index contributed by atoms with van der Waals surface area (Å²) in [6.45, 7) is 1.41. The van der Waals surface area contributed by atoms with E-state index >= 15 is 0 Å². The molecule has 1 aromatic rings. The van der Waals surface area contributed by atoms with Crippen LogP contribution in [0.25, 0.3) is 0 Å². The van der Waals surface area contributed by atoms with E-state index < -0.39 is 0 Å². The van der Waals surface area contributed by atoms with E-state index in [4.69, 9.17) is 26.3 Å². The standard InChI is InChI=1S/C12H12ClNO2/c13-11-6-9(7-14)3-4-12(11)16-10-2-1-5-15-8-10/h3-4,6,10H,1-2,5,8H2. The molecule has 84 valence electrons. The highest BCUT2D eigenvalue weighted by Gasteiger charge is 2.16. The summed E-state index contributed by atoms with van der Waals surface area (Å²) in [5.41, 5.74) is 0.539. The maximum absolute atomic E-state index is 8.70. The molecule has 0 bridgehead atoms. The maximum Gasteiger partial charge on any atom is 0.138 e. The summed E-state index contributed by atoms with van der Waals surface area (Å²) in [6, 6.07) is 7.08. The highest BCUT2D eigenvalue weighted by molar-refractivity contribution is 6.32. The minimum absolute atomic E-state index is 0.0687. The van der Waals surface area contributed by atoms with Gasteiger partial charge in [-0.05, 0) is 31.0 Å². The number of hydrogen-bond donors (Lipinski definition) is 0. The first-order valence-corrected chi connectivity index (χ1v) is 5.61. The molecule has 1 aliphatic rings. The number of hydrogen-bond acceptors (Lipinski definition) is 3. The van der Waals surface area contributed by atoms with Gasteiger partial charge in [-0.3, -0.25) is 0 Å². The summed E-state index contributed by atoms with van der Waals surface area (Å²) in [4.78, 5) is 0. The zero-order valence-corrected chi connectivity index (χ0v) is 9.54. The number of benzene rings is 1. The Morgan fingerprint density at radius 3 is 3.00 bits per heavy atom. The summed E-state index contributed by atoms with van der Waals surface area (Å²) < 4.78 is 11.0. The molecule has 0 N–H and O–H groups in total. The maximum atomic E-state index is 8.70. The van der Waals surface area contributed by atoms with Gasteiger partial charge in [0.1, 0.15) is 11.9 Å². The number of halogens is 1. The van der Waals surface area contributed by atoms with Gasteiger partial charge in [-0.15, -0.1) is 0 Å². The molecule has 0 spiro atoms. The molecule has 0 aromatic heterocycles. The van der Waals surface area contributed by atoms with Crippen molar-refractivity contribution in [2.24, 2.45) is 0 Å². The molecule has 3 nitrogen and oxygen atoms in total. The Bertz CT molecular complexity index is 408. The van der Waals surface area contributed by atoms with Crippen molar-refractivity contribution in [2.45, 2.75) is 18.9 Å². The van der Waals surface area contributed by atoms with Gasteiger partial charge in [0.25, 0.3) is 0 Å². The fraction of sp³-hybridized carbons (Fsp3) is 0.417. The van der Waals surface area contributed by atoms with Gasteiger partial charge in [0, 0.05) is 6.61 Å². The summed E-state index contributed by atoms with van der Waals surface area (Å²) in [7, 11) is 0. The Labute approximate surface area is 99.5 Å². The van der Waals surface area contributed by atoms with Crippen LogP contribution in [0.5, 0.6) is 5.75 Å². The average molecular weight is 238 g/mol. The molecule has 0 aliphatic carbocycles. The number of ether oxygens (including phenoxy) is 2. The van der Waals surface area contributed by atoms with E-state index in [1.807, 2.05) is 6.07 Å². The molecular formula is C12H12ClNO2. The van der Waals surface area contributed by atoms with Crippen molar-refractivity contribution in [2.75, 3.05) is 13.2 Å². The van der Waals surface area contributed by atoms with Crippen LogP contribution in [0, 0.1) is 11.3 Å². The predicted octanol–water partition coefficient (Wildman–Crippen LogP) is 2.77. The molecule has 16 heavy (non-hydrogen) atoms. The van der Waals surface area contributed by atoms with Gasteiger partial charge in [0.15, 0.2) is 0 Å². The fourth-order valence-electron chi connectivity index (χ4n) is 1.65. The number of nitriles is 1. The van der Waals surface area contributed by atoms with Crippen molar-refractivity contribution in [1.29, 1.82) is 5.26 Å². The van der Waals surface area contributed by atoms with E-state index in [1.165, 1.54) is 0 Å². The van der Waals surface area contributed by atoms with Gasteiger partial charge in [-0.25, -0.2) is 0 Å². The van der Waals surface area contributed by atoms with Crippen molar-refractivity contribution in [3.8, 4) is 11.8 Å². The van der Waals surface area contributed by atoms with E-state index in [9.17, 15) is 0 Å². The minimum Gasteiger partial charge on any atom is -0.486 e. The summed E-state index contributed by atoms with van der Waals surface area (Å²) in [6.07, 6.45) is 2.06.